The van der Waals surface area contributed by atoms with Crippen LogP contribution in [0.15, 0.2) is 11.6 Å². The molecular formula is C9H12N2O3S. The van der Waals surface area contributed by atoms with E-state index in [4.69, 9.17) is 6.42 Å². The Balaban J connectivity index is 2.57. The largest absolute Gasteiger partial charge is 0.341 e. The summed E-state index contributed by atoms with van der Waals surface area (Å²) < 4.78 is 23.5. The lowest BCUT2D eigenvalue weighted by Gasteiger charge is -2.12. The summed E-state index contributed by atoms with van der Waals surface area (Å²) >= 11 is 0. The molecule has 1 heterocycles. The molecule has 0 saturated heterocycles. The van der Waals surface area contributed by atoms with E-state index in [-0.39, 0.29) is 25.5 Å². The van der Waals surface area contributed by atoms with Crippen LogP contribution in [0.3, 0.4) is 0 Å². The summed E-state index contributed by atoms with van der Waals surface area (Å²) in [6.07, 6.45) is 7.69. The van der Waals surface area contributed by atoms with Gasteiger partial charge in [0.05, 0.1) is 12.8 Å². The van der Waals surface area contributed by atoms with Gasteiger partial charge in [-0.1, -0.05) is 12.0 Å². The molecule has 1 rings (SSSR count). The summed E-state index contributed by atoms with van der Waals surface area (Å²) in [7, 11) is -3.23. The predicted molar refractivity (Wildman–Crippen MR) is 56.3 cm³/mol. The van der Waals surface area contributed by atoms with Crippen molar-refractivity contribution in [2.24, 2.45) is 0 Å². The predicted octanol–water partition coefficient (Wildman–Crippen LogP) is -1.06. The topological polar surface area (TPSA) is 66.5 Å². The van der Waals surface area contributed by atoms with Crippen molar-refractivity contribution >= 4 is 15.9 Å². The van der Waals surface area contributed by atoms with Gasteiger partial charge in [-0.3, -0.25) is 4.79 Å². The zero-order valence-corrected chi connectivity index (χ0v) is 9.17. The minimum atomic E-state index is -3.23. The molecule has 1 amide bonds. The fraction of sp³-hybridized carbons (Fsp3) is 0.444. The molecule has 1 N–H and O–H groups in total. The number of hydrogen-bond acceptors (Lipinski definition) is 3. The van der Waals surface area contributed by atoms with E-state index >= 15 is 0 Å². The lowest BCUT2D eigenvalue weighted by Crippen LogP contribution is -2.31. The van der Waals surface area contributed by atoms with Crippen molar-refractivity contribution < 1.29 is 13.2 Å². The fourth-order valence-corrected chi connectivity index (χ4v) is 1.91. The Kier molecular flexibility index (Phi) is 3.50. The molecule has 5 nitrogen and oxygen atoms in total. The molecule has 0 aromatic heterocycles. The maximum absolute atomic E-state index is 11.4. The van der Waals surface area contributed by atoms with E-state index in [9.17, 15) is 13.2 Å². The van der Waals surface area contributed by atoms with Gasteiger partial charge in [0.15, 0.2) is 0 Å². The highest BCUT2D eigenvalue weighted by Crippen LogP contribution is 2.12. The number of carbonyl (C=O) groups excluding carboxylic acids is 1. The molecule has 15 heavy (non-hydrogen) atoms. The summed E-state index contributed by atoms with van der Waals surface area (Å²) in [5.74, 6) is 1.97. The van der Waals surface area contributed by atoms with E-state index in [1.807, 2.05) is 0 Å². The minimum absolute atomic E-state index is 0.120. The minimum Gasteiger partial charge on any atom is -0.341 e. The first-order chi connectivity index (χ1) is 6.95. The first kappa shape index (κ1) is 11.8. The van der Waals surface area contributed by atoms with Crippen molar-refractivity contribution in [1.29, 1.82) is 0 Å². The van der Waals surface area contributed by atoms with Gasteiger partial charge in [-0.15, -0.1) is 6.42 Å². The molecule has 82 valence electrons. The van der Waals surface area contributed by atoms with Crippen molar-refractivity contribution in [3.05, 3.63) is 11.6 Å². The molecule has 0 saturated carbocycles. The van der Waals surface area contributed by atoms with Crippen LogP contribution in [-0.4, -0.2) is 44.5 Å². The highest BCUT2D eigenvalue weighted by Gasteiger charge is 2.25. The van der Waals surface area contributed by atoms with Gasteiger partial charge in [0.2, 0.25) is 15.9 Å². The molecule has 0 fully saturated rings. The smallest absolute Gasteiger partial charge is 0.249 e. The summed E-state index contributed by atoms with van der Waals surface area (Å²) in [4.78, 5) is 11.4. The van der Waals surface area contributed by atoms with E-state index < -0.39 is 10.0 Å². The summed E-state index contributed by atoms with van der Waals surface area (Å²) in [5, 5.41) is 2.48. The van der Waals surface area contributed by atoms with Gasteiger partial charge < -0.3 is 5.32 Å². The third-order valence-electron chi connectivity index (χ3n) is 2.00. The lowest BCUT2D eigenvalue weighted by atomic mass is 10.2. The Morgan fingerprint density at radius 1 is 1.73 bits per heavy atom. The van der Waals surface area contributed by atoms with Gasteiger partial charge in [-0.25, -0.2) is 8.42 Å². The molecule has 6 heteroatoms. The number of carbonyl (C=O) groups is 1. The number of terminal acetylenes is 1. The molecule has 0 aliphatic carbocycles. The fourth-order valence-electron chi connectivity index (χ4n) is 1.19. The van der Waals surface area contributed by atoms with Crippen LogP contribution < -0.4 is 5.32 Å². The number of nitrogens with one attached hydrogen (secondary N) is 1. The molecule has 0 spiro atoms. The first-order valence-corrected chi connectivity index (χ1v) is 6.16. The molecule has 0 aromatic rings. The molecule has 0 radical (unpaired) electrons. The average molecular weight is 228 g/mol. The zero-order valence-electron chi connectivity index (χ0n) is 8.36. The van der Waals surface area contributed by atoms with Crippen LogP contribution >= 0.6 is 0 Å². The van der Waals surface area contributed by atoms with Gasteiger partial charge >= 0.3 is 0 Å². The third-order valence-corrected chi connectivity index (χ3v) is 3.22. The second-order valence-corrected chi connectivity index (χ2v) is 5.15. The SMILES string of the molecule is C#CCNC(=O)C1=CCN(S(C)(=O)=O)C1. The maximum Gasteiger partial charge on any atom is 0.249 e. The molecule has 1 aliphatic heterocycles. The molecule has 0 aromatic carbocycles. The molecule has 1 aliphatic rings. The number of hydrogen-bond donors (Lipinski definition) is 1. The van der Waals surface area contributed by atoms with Gasteiger partial charge in [0.25, 0.3) is 0 Å². The van der Waals surface area contributed by atoms with E-state index in [0.29, 0.717) is 5.57 Å². The van der Waals surface area contributed by atoms with Gasteiger partial charge in [0, 0.05) is 18.7 Å². The summed E-state index contributed by atoms with van der Waals surface area (Å²) in [6.45, 7) is 0.516. The third kappa shape index (κ3) is 3.08. The van der Waals surface area contributed by atoms with Crippen molar-refractivity contribution in [3.8, 4) is 12.3 Å². The number of amides is 1. The Labute approximate surface area is 89.2 Å². The van der Waals surface area contributed by atoms with Crippen molar-refractivity contribution in [1.82, 2.24) is 9.62 Å². The highest BCUT2D eigenvalue weighted by atomic mass is 32.2. The second kappa shape index (κ2) is 4.47. The summed E-state index contributed by atoms with van der Waals surface area (Å²) in [6, 6.07) is 0. The first-order valence-electron chi connectivity index (χ1n) is 4.31. The monoisotopic (exact) mass is 228 g/mol. The van der Waals surface area contributed by atoms with Crippen molar-refractivity contribution in [2.45, 2.75) is 0 Å². The Morgan fingerprint density at radius 2 is 2.40 bits per heavy atom. The zero-order chi connectivity index (χ0) is 11.5. The van der Waals surface area contributed by atoms with Crippen molar-refractivity contribution in [2.75, 3.05) is 25.9 Å². The standard InChI is InChI=1S/C9H12N2O3S/c1-3-5-10-9(12)8-4-6-11(7-8)15(2,13)14/h1,4H,5-7H2,2H3,(H,10,12). The van der Waals surface area contributed by atoms with E-state index in [0.717, 1.165) is 6.26 Å². The Hall–Kier alpha value is -1.32. The van der Waals surface area contributed by atoms with Crippen LogP contribution in [0.1, 0.15) is 0 Å². The van der Waals surface area contributed by atoms with Crippen LogP contribution in [0.25, 0.3) is 0 Å². The number of rotatable bonds is 3. The average Bonchev–Trinajstić information content (AvgIpc) is 2.62. The quantitative estimate of drug-likeness (QED) is 0.626. The normalized spacial score (nSPS) is 16.9. The van der Waals surface area contributed by atoms with Gasteiger partial charge in [-0.05, 0) is 0 Å². The second-order valence-electron chi connectivity index (χ2n) is 3.17. The van der Waals surface area contributed by atoms with Crippen LogP contribution in [0, 0.1) is 12.3 Å². The Bertz CT molecular complexity index is 431. The van der Waals surface area contributed by atoms with Crippen LogP contribution in [0.2, 0.25) is 0 Å². The molecule has 0 atom stereocenters. The molecule has 0 bridgehead atoms. The number of nitrogens with zero attached hydrogens (tertiary/aromatic N) is 1. The van der Waals surface area contributed by atoms with Gasteiger partial charge in [0.1, 0.15) is 0 Å². The van der Waals surface area contributed by atoms with Gasteiger partial charge in [-0.2, -0.15) is 4.31 Å². The lowest BCUT2D eigenvalue weighted by molar-refractivity contribution is -0.117. The van der Waals surface area contributed by atoms with E-state index in [1.54, 1.807) is 6.08 Å². The molecule has 0 unspecified atom stereocenters. The van der Waals surface area contributed by atoms with E-state index in [1.165, 1.54) is 4.31 Å². The highest BCUT2D eigenvalue weighted by molar-refractivity contribution is 7.88. The van der Waals surface area contributed by atoms with Crippen LogP contribution in [-0.2, 0) is 14.8 Å². The van der Waals surface area contributed by atoms with Crippen LogP contribution in [0.5, 0.6) is 0 Å². The van der Waals surface area contributed by atoms with E-state index in [2.05, 4.69) is 11.2 Å². The van der Waals surface area contributed by atoms with Crippen molar-refractivity contribution in [3.63, 3.8) is 0 Å². The maximum atomic E-state index is 11.4. The molecular weight excluding hydrogens is 216 g/mol. The summed E-state index contributed by atoms with van der Waals surface area (Å²) in [5.41, 5.74) is 0.440. The number of sulfonamides is 1. The Morgan fingerprint density at radius 3 is 2.87 bits per heavy atom. The van der Waals surface area contributed by atoms with Crippen LogP contribution in [0.4, 0.5) is 0 Å².